The Kier molecular flexibility index (Phi) is 6.02. The molecule has 0 amide bonds. The number of ether oxygens (including phenoxy) is 2. The summed E-state index contributed by atoms with van der Waals surface area (Å²) >= 11 is 0. The fraction of sp³-hybridized carbons (Fsp3) is 0.625. The van der Waals surface area contributed by atoms with Crippen LogP contribution in [-0.4, -0.2) is 38.6 Å². The van der Waals surface area contributed by atoms with Crippen LogP contribution >= 0.6 is 8.38 Å². The van der Waals surface area contributed by atoms with Crippen LogP contribution in [0.5, 0.6) is 0 Å². The largest absolute Gasteiger partial charge is 0.376 e. The molecule has 1 aromatic carbocycles. The van der Waals surface area contributed by atoms with Crippen molar-refractivity contribution in [2.24, 2.45) is 0 Å². The van der Waals surface area contributed by atoms with Crippen LogP contribution in [0.15, 0.2) is 30.3 Å². The highest BCUT2D eigenvalue weighted by atomic mass is 31.2. The summed E-state index contributed by atoms with van der Waals surface area (Å²) in [6, 6.07) is 10.2. The average molecular weight is 310 g/mol. The first-order valence-corrected chi connectivity index (χ1v) is 8.94. The second-order valence-corrected chi connectivity index (χ2v) is 7.00. The molecule has 116 valence electrons. The summed E-state index contributed by atoms with van der Waals surface area (Å²) in [4.78, 5) is 0. The van der Waals surface area contributed by atoms with Gasteiger partial charge in [-0.1, -0.05) is 18.2 Å². The van der Waals surface area contributed by atoms with Crippen LogP contribution < -0.4 is 5.30 Å². The quantitative estimate of drug-likeness (QED) is 0.726. The van der Waals surface area contributed by atoms with Crippen molar-refractivity contribution in [3.05, 3.63) is 30.3 Å². The van der Waals surface area contributed by atoms with E-state index in [9.17, 15) is 0 Å². The van der Waals surface area contributed by atoms with Crippen molar-refractivity contribution in [1.82, 2.24) is 0 Å². The van der Waals surface area contributed by atoms with E-state index in [1.807, 2.05) is 18.2 Å². The molecular formula is C16H23O4P. The minimum Gasteiger partial charge on any atom is -0.376 e. The van der Waals surface area contributed by atoms with E-state index in [1.165, 1.54) is 0 Å². The van der Waals surface area contributed by atoms with Gasteiger partial charge in [-0.05, 0) is 37.8 Å². The average Bonchev–Trinajstić information content (AvgIpc) is 3.21. The second-order valence-electron chi connectivity index (χ2n) is 5.45. The van der Waals surface area contributed by atoms with Crippen molar-refractivity contribution in [2.45, 2.75) is 37.9 Å². The highest BCUT2D eigenvalue weighted by Crippen LogP contribution is 2.38. The van der Waals surface area contributed by atoms with E-state index in [2.05, 4.69) is 12.1 Å². The van der Waals surface area contributed by atoms with Gasteiger partial charge in [0.05, 0.1) is 25.4 Å². The highest BCUT2D eigenvalue weighted by molar-refractivity contribution is 7.56. The van der Waals surface area contributed by atoms with Gasteiger partial charge in [-0.2, -0.15) is 0 Å². The van der Waals surface area contributed by atoms with E-state index in [0.29, 0.717) is 13.2 Å². The summed E-state index contributed by atoms with van der Waals surface area (Å²) in [5.41, 5.74) is 0. The molecule has 2 heterocycles. The molecule has 21 heavy (non-hydrogen) atoms. The van der Waals surface area contributed by atoms with E-state index < -0.39 is 8.38 Å². The minimum atomic E-state index is -1.05. The van der Waals surface area contributed by atoms with E-state index in [0.717, 1.165) is 44.2 Å². The lowest BCUT2D eigenvalue weighted by molar-refractivity contribution is 0.0518. The Balaban J connectivity index is 1.54. The molecule has 5 heteroatoms. The Bertz CT molecular complexity index is 382. The highest BCUT2D eigenvalue weighted by Gasteiger charge is 2.23. The molecule has 4 nitrogen and oxygen atoms in total. The maximum atomic E-state index is 6.03. The Hall–Kier alpha value is -0.510. The summed E-state index contributed by atoms with van der Waals surface area (Å²) in [5, 5.41) is 1.11. The van der Waals surface area contributed by atoms with Crippen molar-refractivity contribution in [1.29, 1.82) is 0 Å². The molecule has 0 radical (unpaired) electrons. The Morgan fingerprint density at radius 3 is 1.95 bits per heavy atom. The monoisotopic (exact) mass is 310 g/mol. The molecule has 2 atom stereocenters. The van der Waals surface area contributed by atoms with Crippen LogP contribution in [0.3, 0.4) is 0 Å². The topological polar surface area (TPSA) is 36.9 Å². The normalized spacial score (nSPS) is 27.0. The van der Waals surface area contributed by atoms with E-state index in [4.69, 9.17) is 18.5 Å². The maximum absolute atomic E-state index is 6.03. The van der Waals surface area contributed by atoms with Gasteiger partial charge >= 0.3 is 0 Å². The van der Waals surface area contributed by atoms with E-state index >= 15 is 0 Å². The van der Waals surface area contributed by atoms with Gasteiger partial charge in [0, 0.05) is 18.5 Å². The minimum absolute atomic E-state index is 0.227. The lowest BCUT2D eigenvalue weighted by atomic mass is 10.2. The summed E-state index contributed by atoms with van der Waals surface area (Å²) in [6.07, 6.45) is 4.89. The smallest absolute Gasteiger partial charge is 0.205 e. The summed E-state index contributed by atoms with van der Waals surface area (Å²) in [7, 11) is -1.05. The zero-order valence-electron chi connectivity index (χ0n) is 12.3. The molecule has 2 saturated heterocycles. The van der Waals surface area contributed by atoms with Crippen LogP contribution in [0.4, 0.5) is 0 Å². The Labute approximate surface area is 127 Å². The van der Waals surface area contributed by atoms with Gasteiger partial charge in [-0.3, -0.25) is 0 Å². The van der Waals surface area contributed by atoms with Gasteiger partial charge in [-0.25, -0.2) is 0 Å². The van der Waals surface area contributed by atoms with Crippen molar-refractivity contribution in [3.8, 4) is 0 Å². The van der Waals surface area contributed by atoms with Crippen LogP contribution in [0.25, 0.3) is 0 Å². The lowest BCUT2D eigenvalue weighted by Crippen LogP contribution is -2.18. The van der Waals surface area contributed by atoms with E-state index in [1.54, 1.807) is 0 Å². The summed E-state index contributed by atoms with van der Waals surface area (Å²) < 4.78 is 23.3. The molecule has 0 aromatic heterocycles. The van der Waals surface area contributed by atoms with Crippen LogP contribution in [0.2, 0.25) is 0 Å². The zero-order valence-corrected chi connectivity index (χ0v) is 13.2. The fourth-order valence-corrected chi connectivity index (χ4v) is 3.98. The van der Waals surface area contributed by atoms with Crippen molar-refractivity contribution in [2.75, 3.05) is 26.4 Å². The lowest BCUT2D eigenvalue weighted by Gasteiger charge is -2.21. The third-order valence-electron chi connectivity index (χ3n) is 3.77. The zero-order chi connectivity index (χ0) is 14.3. The third-order valence-corrected chi connectivity index (χ3v) is 5.26. The van der Waals surface area contributed by atoms with E-state index in [-0.39, 0.29) is 12.2 Å². The van der Waals surface area contributed by atoms with Crippen molar-refractivity contribution < 1.29 is 18.5 Å². The number of hydrogen-bond acceptors (Lipinski definition) is 4. The van der Waals surface area contributed by atoms with Gasteiger partial charge in [0.1, 0.15) is 0 Å². The first kappa shape index (κ1) is 15.4. The summed E-state index contributed by atoms with van der Waals surface area (Å²) in [6.45, 7) is 2.94. The molecule has 3 rings (SSSR count). The van der Waals surface area contributed by atoms with Gasteiger partial charge in [0.15, 0.2) is 0 Å². The molecular weight excluding hydrogens is 287 g/mol. The summed E-state index contributed by atoms with van der Waals surface area (Å²) in [5.74, 6) is 0. The molecule has 1 aromatic rings. The standard InChI is InChI=1S/C16H23O4P/c1-2-8-16(9-3-1)21(19-12-14-6-4-10-17-14)20-13-15-7-5-11-18-15/h1-3,8-9,14-15H,4-7,10-13H2. The van der Waals surface area contributed by atoms with Gasteiger partial charge in [-0.15, -0.1) is 0 Å². The van der Waals surface area contributed by atoms with Crippen molar-refractivity contribution >= 4 is 13.7 Å². The van der Waals surface area contributed by atoms with Crippen LogP contribution in [0, 0.1) is 0 Å². The molecule has 0 N–H and O–H groups in total. The molecule has 0 saturated carbocycles. The number of benzene rings is 1. The Morgan fingerprint density at radius 1 is 0.905 bits per heavy atom. The first-order valence-electron chi connectivity index (χ1n) is 7.76. The van der Waals surface area contributed by atoms with Gasteiger partial charge in [0.25, 0.3) is 0 Å². The predicted molar refractivity (Wildman–Crippen MR) is 82.8 cm³/mol. The number of rotatable bonds is 7. The molecule has 2 aliphatic rings. The molecule has 2 unspecified atom stereocenters. The maximum Gasteiger partial charge on any atom is 0.205 e. The molecule has 2 aliphatic heterocycles. The fourth-order valence-electron chi connectivity index (χ4n) is 2.59. The molecule has 0 aliphatic carbocycles. The van der Waals surface area contributed by atoms with Crippen LogP contribution in [0.1, 0.15) is 25.7 Å². The SMILES string of the molecule is c1ccc(P(OCC2CCCO2)OCC2CCCO2)cc1. The molecule has 2 fully saturated rings. The van der Waals surface area contributed by atoms with Crippen LogP contribution in [-0.2, 0) is 18.5 Å². The first-order chi connectivity index (χ1) is 10.4. The van der Waals surface area contributed by atoms with Gasteiger partial charge < -0.3 is 18.5 Å². The third kappa shape index (κ3) is 4.73. The van der Waals surface area contributed by atoms with Crippen molar-refractivity contribution in [3.63, 3.8) is 0 Å². The molecule has 0 bridgehead atoms. The van der Waals surface area contributed by atoms with Gasteiger partial charge in [0.2, 0.25) is 8.38 Å². The predicted octanol–water partition coefficient (Wildman–Crippen LogP) is 3.02. The molecule has 0 spiro atoms. The number of hydrogen-bond donors (Lipinski definition) is 0. The second kappa shape index (κ2) is 8.21. The Morgan fingerprint density at radius 2 is 1.48 bits per heavy atom.